The second-order valence-corrected chi connectivity index (χ2v) is 6.13. The van der Waals surface area contributed by atoms with E-state index in [1.807, 2.05) is 18.2 Å². The van der Waals surface area contributed by atoms with Crippen LogP contribution in [0, 0.1) is 0 Å². The largest absolute Gasteiger partial charge is 0.486 e. The first-order chi connectivity index (χ1) is 9.20. The molecule has 106 valence electrons. The predicted octanol–water partition coefficient (Wildman–Crippen LogP) is 1.88. The Hall–Kier alpha value is -1.07. The Morgan fingerprint density at radius 1 is 1.32 bits per heavy atom. The van der Waals surface area contributed by atoms with Crippen molar-refractivity contribution in [2.24, 2.45) is 0 Å². The number of ether oxygens (including phenoxy) is 2. The third-order valence-electron chi connectivity index (χ3n) is 3.01. The summed E-state index contributed by atoms with van der Waals surface area (Å²) in [6, 6.07) is 6.05. The van der Waals surface area contributed by atoms with Gasteiger partial charge in [0.1, 0.15) is 13.2 Å². The Morgan fingerprint density at radius 3 is 2.74 bits per heavy atom. The molecule has 0 radical (unpaired) electrons. The first-order valence-electron chi connectivity index (χ1n) is 6.63. The van der Waals surface area contributed by atoms with Crippen molar-refractivity contribution in [2.75, 3.05) is 31.8 Å². The van der Waals surface area contributed by atoms with E-state index in [1.54, 1.807) is 6.26 Å². The van der Waals surface area contributed by atoms with Crippen LogP contribution < -0.4 is 14.8 Å². The van der Waals surface area contributed by atoms with Crippen LogP contribution in [0.25, 0.3) is 0 Å². The average Bonchev–Trinajstić information content (AvgIpc) is 2.42. The lowest BCUT2D eigenvalue weighted by Crippen LogP contribution is -2.27. The second kappa shape index (κ2) is 6.91. The van der Waals surface area contributed by atoms with Crippen LogP contribution in [0.3, 0.4) is 0 Å². The van der Waals surface area contributed by atoms with Crippen LogP contribution in [0.1, 0.15) is 24.9 Å². The summed E-state index contributed by atoms with van der Waals surface area (Å²) in [7, 11) is -0.836. The van der Waals surface area contributed by atoms with Gasteiger partial charge in [-0.05, 0) is 30.7 Å². The summed E-state index contributed by atoms with van der Waals surface area (Å²) in [6.45, 7) is 4.22. The van der Waals surface area contributed by atoms with Crippen molar-refractivity contribution in [3.05, 3.63) is 23.8 Å². The summed E-state index contributed by atoms with van der Waals surface area (Å²) in [5.74, 6) is 2.19. The Bertz CT molecular complexity index is 450. The molecular formula is C14H21NO3S. The quantitative estimate of drug-likeness (QED) is 0.866. The fraction of sp³-hybridized carbons (Fsp3) is 0.571. The number of hydrogen-bond donors (Lipinski definition) is 1. The number of rotatable bonds is 6. The zero-order valence-corrected chi connectivity index (χ0v) is 12.3. The molecule has 5 heteroatoms. The van der Waals surface area contributed by atoms with Gasteiger partial charge in [0.25, 0.3) is 0 Å². The molecule has 0 saturated carbocycles. The predicted molar refractivity (Wildman–Crippen MR) is 77.4 cm³/mol. The molecule has 1 aliphatic rings. The fourth-order valence-corrected chi connectivity index (χ4v) is 2.88. The van der Waals surface area contributed by atoms with E-state index in [-0.39, 0.29) is 6.04 Å². The Labute approximate surface area is 116 Å². The van der Waals surface area contributed by atoms with Crippen molar-refractivity contribution < 1.29 is 13.7 Å². The Morgan fingerprint density at radius 2 is 2.05 bits per heavy atom. The van der Waals surface area contributed by atoms with Crippen LogP contribution in [-0.4, -0.2) is 36.0 Å². The highest BCUT2D eigenvalue weighted by Gasteiger charge is 2.17. The van der Waals surface area contributed by atoms with E-state index in [9.17, 15) is 4.21 Å². The van der Waals surface area contributed by atoms with Gasteiger partial charge in [0.05, 0.1) is 0 Å². The normalized spacial score (nSPS) is 16.9. The molecule has 0 saturated heterocycles. The fourth-order valence-electron chi connectivity index (χ4n) is 2.10. The molecule has 2 rings (SSSR count). The Kier molecular flexibility index (Phi) is 5.22. The first kappa shape index (κ1) is 14.3. The van der Waals surface area contributed by atoms with Crippen LogP contribution in [0.2, 0.25) is 0 Å². The van der Waals surface area contributed by atoms with Crippen molar-refractivity contribution in [3.63, 3.8) is 0 Å². The molecule has 1 N–H and O–H groups in total. The van der Waals surface area contributed by atoms with Gasteiger partial charge in [-0.1, -0.05) is 13.0 Å². The van der Waals surface area contributed by atoms with E-state index < -0.39 is 10.8 Å². The summed E-state index contributed by atoms with van der Waals surface area (Å²) in [4.78, 5) is 0. The maximum Gasteiger partial charge on any atom is 0.161 e. The summed E-state index contributed by atoms with van der Waals surface area (Å²) in [5, 5.41) is 3.43. The molecule has 1 aliphatic heterocycles. The van der Waals surface area contributed by atoms with Crippen LogP contribution in [0.15, 0.2) is 18.2 Å². The van der Waals surface area contributed by atoms with Gasteiger partial charge in [-0.3, -0.25) is 4.21 Å². The van der Waals surface area contributed by atoms with Crippen LogP contribution in [0.4, 0.5) is 0 Å². The molecule has 0 aromatic heterocycles. The van der Waals surface area contributed by atoms with Gasteiger partial charge in [0.2, 0.25) is 0 Å². The van der Waals surface area contributed by atoms with Crippen LogP contribution >= 0.6 is 0 Å². The standard InChI is InChI=1S/C14H21NO3S/c1-3-6-15-12(10-19(2)16)11-4-5-13-14(9-11)18-8-7-17-13/h4-5,9,12,15H,3,6-8,10H2,1-2H3. The lowest BCUT2D eigenvalue weighted by molar-refractivity contribution is 0.171. The summed E-state index contributed by atoms with van der Waals surface area (Å²) in [6.07, 6.45) is 2.79. The first-order valence-corrected chi connectivity index (χ1v) is 8.36. The monoisotopic (exact) mass is 283 g/mol. The molecule has 2 unspecified atom stereocenters. The van der Waals surface area contributed by atoms with Gasteiger partial charge in [-0.25, -0.2) is 0 Å². The zero-order chi connectivity index (χ0) is 13.7. The maximum absolute atomic E-state index is 11.5. The van der Waals surface area contributed by atoms with Crippen LogP contribution in [-0.2, 0) is 10.8 Å². The van der Waals surface area contributed by atoms with Gasteiger partial charge in [0, 0.05) is 28.9 Å². The average molecular weight is 283 g/mol. The van der Waals surface area contributed by atoms with Gasteiger partial charge >= 0.3 is 0 Å². The van der Waals surface area contributed by atoms with Crippen molar-refractivity contribution in [2.45, 2.75) is 19.4 Å². The highest BCUT2D eigenvalue weighted by molar-refractivity contribution is 7.84. The molecule has 0 spiro atoms. The van der Waals surface area contributed by atoms with Crippen molar-refractivity contribution >= 4 is 10.8 Å². The molecule has 4 nitrogen and oxygen atoms in total. The van der Waals surface area contributed by atoms with E-state index >= 15 is 0 Å². The lowest BCUT2D eigenvalue weighted by atomic mass is 10.1. The SMILES string of the molecule is CCCNC(CS(C)=O)c1ccc2c(c1)OCCO2. The third kappa shape index (κ3) is 3.94. The number of benzene rings is 1. The van der Waals surface area contributed by atoms with Crippen molar-refractivity contribution in [1.29, 1.82) is 0 Å². The molecular weight excluding hydrogens is 262 g/mol. The minimum atomic E-state index is -0.836. The van der Waals surface area contributed by atoms with E-state index in [2.05, 4.69) is 12.2 Å². The molecule has 2 atom stereocenters. The van der Waals surface area contributed by atoms with Gasteiger partial charge in [-0.15, -0.1) is 0 Å². The van der Waals surface area contributed by atoms with E-state index in [4.69, 9.17) is 9.47 Å². The van der Waals surface area contributed by atoms with E-state index in [0.717, 1.165) is 30.0 Å². The number of fused-ring (bicyclic) bond motifs is 1. The molecule has 1 aromatic carbocycles. The van der Waals surface area contributed by atoms with E-state index in [0.29, 0.717) is 19.0 Å². The topological polar surface area (TPSA) is 47.6 Å². The smallest absolute Gasteiger partial charge is 0.161 e. The third-order valence-corrected chi connectivity index (χ3v) is 3.81. The maximum atomic E-state index is 11.5. The molecule has 0 bridgehead atoms. The van der Waals surface area contributed by atoms with Crippen LogP contribution in [0.5, 0.6) is 11.5 Å². The minimum absolute atomic E-state index is 0.0987. The minimum Gasteiger partial charge on any atom is -0.486 e. The highest BCUT2D eigenvalue weighted by atomic mass is 32.2. The molecule has 0 aliphatic carbocycles. The van der Waals surface area contributed by atoms with Gasteiger partial charge < -0.3 is 14.8 Å². The van der Waals surface area contributed by atoms with Crippen molar-refractivity contribution in [3.8, 4) is 11.5 Å². The lowest BCUT2D eigenvalue weighted by Gasteiger charge is -2.22. The Balaban J connectivity index is 2.17. The van der Waals surface area contributed by atoms with E-state index in [1.165, 1.54) is 0 Å². The number of hydrogen-bond acceptors (Lipinski definition) is 4. The summed E-state index contributed by atoms with van der Waals surface area (Å²) in [5.41, 5.74) is 1.10. The molecule has 1 aromatic rings. The zero-order valence-electron chi connectivity index (χ0n) is 11.5. The highest BCUT2D eigenvalue weighted by Crippen LogP contribution is 2.32. The molecule has 0 fully saturated rings. The summed E-state index contributed by atoms with van der Waals surface area (Å²) >= 11 is 0. The molecule has 0 amide bonds. The second-order valence-electron chi connectivity index (χ2n) is 4.65. The number of nitrogens with one attached hydrogen (secondary N) is 1. The molecule has 1 heterocycles. The van der Waals surface area contributed by atoms with Crippen molar-refractivity contribution in [1.82, 2.24) is 5.32 Å². The molecule has 19 heavy (non-hydrogen) atoms. The van der Waals surface area contributed by atoms with Gasteiger partial charge in [0.15, 0.2) is 11.5 Å². The van der Waals surface area contributed by atoms with Gasteiger partial charge in [-0.2, -0.15) is 0 Å². The summed E-state index contributed by atoms with van der Waals surface area (Å²) < 4.78 is 22.6.